The first-order valence-corrected chi connectivity index (χ1v) is 7.57. The third-order valence-electron chi connectivity index (χ3n) is 4.85. The van der Waals surface area contributed by atoms with E-state index in [1.54, 1.807) is 5.56 Å². The minimum atomic E-state index is 0.421. The highest BCUT2D eigenvalue weighted by molar-refractivity contribution is 5.37. The van der Waals surface area contributed by atoms with Crippen LogP contribution in [-0.4, -0.2) is 19.8 Å². The van der Waals surface area contributed by atoms with Gasteiger partial charge in [-0.05, 0) is 49.1 Å². The van der Waals surface area contributed by atoms with E-state index in [1.807, 2.05) is 0 Å². The van der Waals surface area contributed by atoms with E-state index in [2.05, 4.69) is 37.4 Å². The highest BCUT2D eigenvalue weighted by Crippen LogP contribution is 2.34. The maximum absolute atomic E-state index is 5.48. The van der Waals surface area contributed by atoms with Crippen molar-refractivity contribution in [1.82, 2.24) is 5.32 Å². The van der Waals surface area contributed by atoms with Gasteiger partial charge in [-0.2, -0.15) is 0 Å². The van der Waals surface area contributed by atoms with Crippen molar-refractivity contribution >= 4 is 0 Å². The van der Waals surface area contributed by atoms with Gasteiger partial charge in [-0.3, -0.25) is 0 Å². The molecule has 1 aromatic carbocycles. The zero-order chi connectivity index (χ0) is 13.3. The zero-order valence-electron chi connectivity index (χ0n) is 12.2. The predicted octanol–water partition coefficient (Wildman–Crippen LogP) is 3.39. The third kappa shape index (κ3) is 2.85. The van der Waals surface area contributed by atoms with Gasteiger partial charge in [-0.25, -0.2) is 0 Å². The highest BCUT2D eigenvalue weighted by atomic mass is 16.5. The van der Waals surface area contributed by atoms with Crippen molar-refractivity contribution in [3.05, 3.63) is 34.9 Å². The van der Waals surface area contributed by atoms with Gasteiger partial charge in [0.25, 0.3) is 0 Å². The summed E-state index contributed by atoms with van der Waals surface area (Å²) in [6.45, 7) is 7.57. The van der Waals surface area contributed by atoms with Crippen LogP contribution >= 0.6 is 0 Å². The summed E-state index contributed by atoms with van der Waals surface area (Å²) >= 11 is 0. The van der Waals surface area contributed by atoms with Crippen LogP contribution in [0.2, 0.25) is 0 Å². The molecule has 104 valence electrons. The molecule has 0 amide bonds. The second kappa shape index (κ2) is 5.26. The average Bonchev–Trinajstić information content (AvgIpc) is 2.80. The van der Waals surface area contributed by atoms with Gasteiger partial charge in [0, 0.05) is 25.8 Å². The first kappa shape index (κ1) is 13.1. The minimum Gasteiger partial charge on any atom is -0.381 e. The van der Waals surface area contributed by atoms with Crippen LogP contribution in [-0.2, 0) is 11.2 Å². The molecule has 1 aromatic rings. The van der Waals surface area contributed by atoms with Crippen molar-refractivity contribution < 1.29 is 4.74 Å². The summed E-state index contributed by atoms with van der Waals surface area (Å²) in [5.74, 6) is 0. The van der Waals surface area contributed by atoms with Crippen LogP contribution in [0.4, 0.5) is 0 Å². The van der Waals surface area contributed by atoms with Crippen molar-refractivity contribution in [2.45, 2.75) is 45.6 Å². The number of ether oxygens (including phenoxy) is 1. The second-order valence-corrected chi connectivity index (χ2v) is 6.60. The Morgan fingerprint density at radius 2 is 2.11 bits per heavy atom. The largest absolute Gasteiger partial charge is 0.381 e. The van der Waals surface area contributed by atoms with Crippen LogP contribution in [0.15, 0.2) is 18.2 Å². The molecule has 19 heavy (non-hydrogen) atoms. The lowest BCUT2D eigenvalue weighted by atomic mass is 9.82. The monoisotopic (exact) mass is 259 g/mol. The maximum atomic E-state index is 5.48. The van der Waals surface area contributed by atoms with Gasteiger partial charge in [-0.1, -0.05) is 30.7 Å². The third-order valence-corrected chi connectivity index (χ3v) is 4.85. The van der Waals surface area contributed by atoms with E-state index >= 15 is 0 Å². The minimum absolute atomic E-state index is 0.421. The molecule has 1 fully saturated rings. The van der Waals surface area contributed by atoms with E-state index in [4.69, 9.17) is 4.74 Å². The predicted molar refractivity (Wildman–Crippen MR) is 78.4 cm³/mol. The van der Waals surface area contributed by atoms with Gasteiger partial charge in [-0.15, -0.1) is 0 Å². The molecule has 1 unspecified atom stereocenters. The lowest BCUT2D eigenvalue weighted by Crippen LogP contribution is -2.38. The van der Waals surface area contributed by atoms with E-state index < -0.39 is 0 Å². The van der Waals surface area contributed by atoms with E-state index in [0.717, 1.165) is 19.8 Å². The van der Waals surface area contributed by atoms with Crippen molar-refractivity contribution in [1.29, 1.82) is 0 Å². The number of hydrogen-bond acceptors (Lipinski definition) is 2. The first-order valence-electron chi connectivity index (χ1n) is 7.57. The summed E-state index contributed by atoms with van der Waals surface area (Å²) < 4.78 is 5.48. The summed E-state index contributed by atoms with van der Waals surface area (Å²) in [4.78, 5) is 0. The molecule has 0 radical (unpaired) electrons. The molecule has 2 aliphatic rings. The van der Waals surface area contributed by atoms with Gasteiger partial charge in [0.1, 0.15) is 0 Å². The summed E-state index contributed by atoms with van der Waals surface area (Å²) in [7, 11) is 0. The molecule has 1 saturated heterocycles. The molecule has 1 aliphatic heterocycles. The lowest BCUT2D eigenvalue weighted by Gasteiger charge is -2.35. The van der Waals surface area contributed by atoms with Crippen LogP contribution in [0.25, 0.3) is 0 Å². The molecule has 1 aliphatic carbocycles. The summed E-state index contributed by atoms with van der Waals surface area (Å²) in [5, 5.41) is 3.82. The van der Waals surface area contributed by atoms with E-state index in [0.29, 0.717) is 11.5 Å². The number of benzene rings is 1. The molecule has 0 saturated carbocycles. The topological polar surface area (TPSA) is 21.3 Å². The Hall–Kier alpha value is -0.860. The number of rotatable bonds is 3. The Morgan fingerprint density at radius 1 is 1.32 bits per heavy atom. The number of nitrogens with one attached hydrogen (secondary N) is 1. The number of hydrogen-bond donors (Lipinski definition) is 1. The van der Waals surface area contributed by atoms with Crippen LogP contribution in [0, 0.1) is 12.3 Å². The second-order valence-electron chi connectivity index (χ2n) is 6.60. The molecular weight excluding hydrogens is 234 g/mol. The van der Waals surface area contributed by atoms with Crippen molar-refractivity contribution in [2.75, 3.05) is 19.8 Å². The van der Waals surface area contributed by atoms with E-state index in [9.17, 15) is 0 Å². The fraction of sp³-hybridized carbons (Fsp3) is 0.647. The molecular formula is C17H25NO. The van der Waals surface area contributed by atoms with Crippen LogP contribution < -0.4 is 5.32 Å². The van der Waals surface area contributed by atoms with Crippen molar-refractivity contribution in [2.24, 2.45) is 5.41 Å². The fourth-order valence-corrected chi connectivity index (χ4v) is 3.34. The van der Waals surface area contributed by atoms with Gasteiger partial charge in [0.05, 0.1) is 0 Å². The van der Waals surface area contributed by atoms with E-state index in [1.165, 1.54) is 36.8 Å². The Labute approximate surface area is 116 Å². The lowest BCUT2D eigenvalue weighted by molar-refractivity contribution is 0.0229. The molecule has 0 bridgehead atoms. The SMILES string of the molecule is Cc1ccc2c(c1)C(NCC1(C)CCOCC1)CC2. The van der Waals surface area contributed by atoms with E-state index in [-0.39, 0.29) is 0 Å². The van der Waals surface area contributed by atoms with Crippen molar-refractivity contribution in [3.8, 4) is 0 Å². The Kier molecular flexibility index (Phi) is 3.64. The zero-order valence-corrected chi connectivity index (χ0v) is 12.2. The molecule has 3 rings (SSSR count). The Bertz CT molecular complexity index is 449. The molecule has 2 nitrogen and oxygen atoms in total. The first-order chi connectivity index (χ1) is 9.16. The summed E-state index contributed by atoms with van der Waals surface area (Å²) in [5.41, 5.74) is 4.88. The van der Waals surface area contributed by atoms with Gasteiger partial charge in [0.2, 0.25) is 0 Å². The molecule has 2 heteroatoms. The number of aryl methyl sites for hydroxylation is 2. The van der Waals surface area contributed by atoms with Crippen LogP contribution in [0.5, 0.6) is 0 Å². The summed E-state index contributed by atoms with van der Waals surface area (Å²) in [6, 6.07) is 7.48. The normalized spacial score (nSPS) is 25.3. The van der Waals surface area contributed by atoms with Crippen LogP contribution in [0.1, 0.15) is 48.9 Å². The molecule has 0 spiro atoms. The van der Waals surface area contributed by atoms with Gasteiger partial charge in [0.15, 0.2) is 0 Å². The molecule has 1 N–H and O–H groups in total. The average molecular weight is 259 g/mol. The van der Waals surface area contributed by atoms with Gasteiger partial charge >= 0.3 is 0 Å². The molecule has 1 atom stereocenters. The van der Waals surface area contributed by atoms with Crippen molar-refractivity contribution in [3.63, 3.8) is 0 Å². The quantitative estimate of drug-likeness (QED) is 0.898. The fourth-order valence-electron chi connectivity index (χ4n) is 3.34. The summed E-state index contributed by atoms with van der Waals surface area (Å²) in [6.07, 6.45) is 4.86. The Morgan fingerprint density at radius 3 is 2.89 bits per heavy atom. The highest BCUT2D eigenvalue weighted by Gasteiger charge is 2.29. The van der Waals surface area contributed by atoms with Crippen LogP contribution in [0.3, 0.4) is 0 Å². The smallest absolute Gasteiger partial charge is 0.0471 e. The van der Waals surface area contributed by atoms with Gasteiger partial charge < -0.3 is 10.1 Å². The number of fused-ring (bicyclic) bond motifs is 1. The molecule has 0 aromatic heterocycles. The molecule has 1 heterocycles. The Balaban J connectivity index is 1.64. The standard InChI is InChI=1S/C17H25NO/c1-13-3-4-14-5-6-16(15(14)11-13)18-12-17(2)7-9-19-10-8-17/h3-4,11,16,18H,5-10,12H2,1-2H3. The maximum Gasteiger partial charge on any atom is 0.0471 e.